The summed E-state index contributed by atoms with van der Waals surface area (Å²) in [6.07, 6.45) is 4.71. The minimum Gasteiger partial charge on any atom is -0.505 e. The van der Waals surface area contributed by atoms with Crippen molar-refractivity contribution in [1.82, 2.24) is 9.80 Å². The molecule has 1 atom stereocenters. The van der Waals surface area contributed by atoms with Crippen molar-refractivity contribution in [3.63, 3.8) is 0 Å². The van der Waals surface area contributed by atoms with Gasteiger partial charge in [0.05, 0.1) is 11.3 Å². The summed E-state index contributed by atoms with van der Waals surface area (Å²) in [7, 11) is 0. The van der Waals surface area contributed by atoms with Gasteiger partial charge in [0.15, 0.2) is 5.75 Å². The van der Waals surface area contributed by atoms with E-state index in [1.807, 2.05) is 4.90 Å². The van der Waals surface area contributed by atoms with Crippen molar-refractivity contribution in [1.29, 1.82) is 0 Å². The number of para-hydroxylation sites is 1. The number of benzene rings is 1. The van der Waals surface area contributed by atoms with Crippen LogP contribution in [0.3, 0.4) is 0 Å². The van der Waals surface area contributed by atoms with Crippen LogP contribution in [0.4, 0.5) is 5.69 Å². The van der Waals surface area contributed by atoms with Crippen LogP contribution in [0.1, 0.15) is 36.0 Å². The lowest BCUT2D eigenvalue weighted by Crippen LogP contribution is -2.49. The summed E-state index contributed by atoms with van der Waals surface area (Å²) in [5, 5.41) is 9.99. The van der Waals surface area contributed by atoms with Crippen LogP contribution in [-0.2, 0) is 0 Å². The fraction of sp³-hybridized carbons (Fsp3) is 0.562. The van der Waals surface area contributed by atoms with E-state index in [-0.39, 0.29) is 17.3 Å². The van der Waals surface area contributed by atoms with Crippen LogP contribution in [0.25, 0.3) is 0 Å². The fourth-order valence-corrected chi connectivity index (χ4v) is 3.45. The van der Waals surface area contributed by atoms with Crippen molar-refractivity contribution >= 4 is 11.6 Å². The van der Waals surface area contributed by atoms with Crippen LogP contribution >= 0.6 is 0 Å². The summed E-state index contributed by atoms with van der Waals surface area (Å²) in [5.41, 5.74) is 6.26. The molecule has 1 aromatic carbocycles. The Morgan fingerprint density at radius 2 is 1.95 bits per heavy atom. The van der Waals surface area contributed by atoms with Crippen LogP contribution in [0.5, 0.6) is 5.75 Å². The fourth-order valence-electron chi connectivity index (χ4n) is 3.45. The minimum absolute atomic E-state index is 0.0919. The highest BCUT2D eigenvalue weighted by molar-refractivity contribution is 5.98. The number of phenols is 1. The van der Waals surface area contributed by atoms with E-state index < -0.39 is 0 Å². The first-order valence-electron chi connectivity index (χ1n) is 7.77. The Balaban J connectivity index is 1.73. The topological polar surface area (TPSA) is 69.8 Å². The number of piperidine rings is 1. The van der Waals surface area contributed by atoms with E-state index in [2.05, 4.69) is 4.90 Å². The lowest BCUT2D eigenvalue weighted by atomic mass is 10.0. The zero-order valence-electron chi connectivity index (χ0n) is 12.3. The monoisotopic (exact) mass is 289 g/mol. The van der Waals surface area contributed by atoms with Gasteiger partial charge in [0.1, 0.15) is 0 Å². The van der Waals surface area contributed by atoms with Gasteiger partial charge in [-0.15, -0.1) is 0 Å². The molecule has 1 amide bonds. The molecule has 0 radical (unpaired) electrons. The van der Waals surface area contributed by atoms with E-state index in [9.17, 15) is 9.90 Å². The second-order valence-corrected chi connectivity index (χ2v) is 6.03. The Morgan fingerprint density at radius 3 is 2.71 bits per heavy atom. The van der Waals surface area contributed by atoms with Gasteiger partial charge in [-0.2, -0.15) is 0 Å². The highest BCUT2D eigenvalue weighted by Gasteiger charge is 2.30. The second kappa shape index (κ2) is 5.93. The molecule has 0 aromatic heterocycles. The zero-order valence-corrected chi connectivity index (χ0v) is 12.3. The predicted octanol–water partition coefficient (Wildman–Crippen LogP) is 1.67. The summed E-state index contributed by atoms with van der Waals surface area (Å²) in [6, 6.07) is 5.43. The van der Waals surface area contributed by atoms with Gasteiger partial charge in [0.25, 0.3) is 5.91 Å². The molecule has 5 heteroatoms. The highest BCUT2D eigenvalue weighted by Crippen LogP contribution is 2.27. The normalized spacial score (nSPS) is 23.4. The predicted molar refractivity (Wildman–Crippen MR) is 82.3 cm³/mol. The number of nitrogen functional groups attached to an aromatic ring is 1. The maximum absolute atomic E-state index is 12.6. The van der Waals surface area contributed by atoms with Crippen LogP contribution in [0.2, 0.25) is 0 Å². The molecule has 5 nitrogen and oxygen atoms in total. The smallest absolute Gasteiger partial charge is 0.257 e. The van der Waals surface area contributed by atoms with E-state index in [0.29, 0.717) is 11.6 Å². The maximum atomic E-state index is 12.6. The van der Waals surface area contributed by atoms with Crippen LogP contribution in [0, 0.1) is 0 Å². The Morgan fingerprint density at radius 1 is 1.19 bits per heavy atom. The summed E-state index contributed by atoms with van der Waals surface area (Å²) < 4.78 is 0. The molecule has 2 saturated heterocycles. The molecule has 0 bridgehead atoms. The van der Waals surface area contributed by atoms with Crippen LogP contribution < -0.4 is 5.73 Å². The molecular weight excluding hydrogens is 266 g/mol. The van der Waals surface area contributed by atoms with Crippen LogP contribution in [-0.4, -0.2) is 53.0 Å². The number of nitrogens with two attached hydrogens (primary N) is 1. The van der Waals surface area contributed by atoms with Gasteiger partial charge in [-0.1, -0.05) is 6.07 Å². The number of phenolic OH excluding ortho intramolecular Hbond substituents is 1. The number of hydrogen-bond acceptors (Lipinski definition) is 4. The summed E-state index contributed by atoms with van der Waals surface area (Å²) in [4.78, 5) is 17.0. The molecule has 114 valence electrons. The van der Waals surface area contributed by atoms with E-state index >= 15 is 0 Å². The van der Waals surface area contributed by atoms with E-state index in [1.54, 1.807) is 18.2 Å². The molecule has 2 aliphatic rings. The Bertz CT molecular complexity index is 526. The quantitative estimate of drug-likeness (QED) is 0.642. The largest absolute Gasteiger partial charge is 0.505 e. The van der Waals surface area contributed by atoms with Gasteiger partial charge >= 0.3 is 0 Å². The van der Waals surface area contributed by atoms with Gasteiger partial charge in [0, 0.05) is 19.1 Å². The highest BCUT2D eigenvalue weighted by atomic mass is 16.3. The molecule has 2 heterocycles. The van der Waals surface area contributed by atoms with Crippen molar-refractivity contribution in [3.05, 3.63) is 23.8 Å². The number of anilines is 1. The number of nitrogens with zero attached hydrogens (tertiary/aromatic N) is 2. The molecule has 21 heavy (non-hydrogen) atoms. The lowest BCUT2D eigenvalue weighted by Gasteiger charge is -2.37. The molecule has 2 fully saturated rings. The molecule has 1 aromatic rings. The molecule has 3 rings (SSSR count). The first-order chi connectivity index (χ1) is 10.2. The zero-order chi connectivity index (χ0) is 14.8. The number of likely N-dealkylation sites (tertiary alicyclic amines) is 2. The number of hydrogen-bond donors (Lipinski definition) is 2. The average Bonchev–Trinajstić information content (AvgIpc) is 3.04. The standard InChI is InChI=1S/C16H23N3O2/c17-14-7-3-6-13(15(14)20)16(21)19-10-4-5-12(11-19)18-8-1-2-9-18/h3,6-7,12,20H,1-2,4-5,8-11,17H2. The summed E-state index contributed by atoms with van der Waals surface area (Å²) in [5.74, 6) is -0.200. The van der Waals surface area contributed by atoms with Gasteiger partial charge in [-0.25, -0.2) is 0 Å². The number of amides is 1. The molecule has 1 unspecified atom stereocenters. The van der Waals surface area contributed by atoms with Gasteiger partial charge < -0.3 is 15.7 Å². The van der Waals surface area contributed by atoms with Crippen molar-refractivity contribution in [2.24, 2.45) is 0 Å². The van der Waals surface area contributed by atoms with Crippen LogP contribution in [0.15, 0.2) is 18.2 Å². The van der Waals surface area contributed by atoms with Crippen molar-refractivity contribution in [3.8, 4) is 5.75 Å². The third-order valence-electron chi connectivity index (χ3n) is 4.64. The van der Waals surface area contributed by atoms with Gasteiger partial charge in [-0.05, 0) is 50.9 Å². The van der Waals surface area contributed by atoms with E-state index in [0.717, 1.165) is 39.0 Å². The molecule has 2 aliphatic heterocycles. The number of carbonyl (C=O) groups is 1. The molecule has 3 N–H and O–H groups in total. The number of carbonyl (C=O) groups excluding carboxylic acids is 1. The molecule has 0 spiro atoms. The third kappa shape index (κ3) is 2.83. The molecular formula is C16H23N3O2. The molecule has 0 aliphatic carbocycles. The minimum atomic E-state index is -0.108. The van der Waals surface area contributed by atoms with Crippen molar-refractivity contribution < 1.29 is 9.90 Å². The average molecular weight is 289 g/mol. The van der Waals surface area contributed by atoms with E-state index in [4.69, 9.17) is 5.73 Å². The first-order valence-corrected chi connectivity index (χ1v) is 7.77. The Kier molecular flexibility index (Phi) is 4.01. The molecule has 0 saturated carbocycles. The lowest BCUT2D eigenvalue weighted by molar-refractivity contribution is 0.0605. The number of rotatable bonds is 2. The summed E-state index contributed by atoms with van der Waals surface area (Å²) in [6.45, 7) is 3.82. The van der Waals surface area contributed by atoms with Crippen molar-refractivity contribution in [2.75, 3.05) is 31.9 Å². The SMILES string of the molecule is Nc1cccc(C(=O)N2CCCC(N3CCCC3)C2)c1O. The third-order valence-corrected chi connectivity index (χ3v) is 4.64. The van der Waals surface area contributed by atoms with Gasteiger partial charge in [-0.3, -0.25) is 9.69 Å². The summed E-state index contributed by atoms with van der Waals surface area (Å²) >= 11 is 0. The van der Waals surface area contributed by atoms with Gasteiger partial charge in [0.2, 0.25) is 0 Å². The van der Waals surface area contributed by atoms with Crippen molar-refractivity contribution in [2.45, 2.75) is 31.7 Å². The first kappa shape index (κ1) is 14.2. The Labute approximate surface area is 125 Å². The number of aromatic hydroxyl groups is 1. The second-order valence-electron chi connectivity index (χ2n) is 6.03. The maximum Gasteiger partial charge on any atom is 0.257 e. The Hall–Kier alpha value is -1.75. The van der Waals surface area contributed by atoms with E-state index in [1.165, 1.54) is 12.8 Å².